The molecule has 19 heavy (non-hydrogen) atoms. The Hall–Kier alpha value is -1.07. The van der Waals surface area contributed by atoms with Crippen molar-refractivity contribution < 1.29 is 5.11 Å². The van der Waals surface area contributed by atoms with Gasteiger partial charge in [0.25, 0.3) is 0 Å². The summed E-state index contributed by atoms with van der Waals surface area (Å²) in [6, 6.07) is 0.639. The molecule has 0 amide bonds. The molecule has 1 aliphatic rings. The highest BCUT2D eigenvalue weighted by atomic mass is 16.3. The van der Waals surface area contributed by atoms with E-state index in [1.807, 2.05) is 18.5 Å². The molecule has 0 aliphatic carbocycles. The molecule has 2 rings (SSSR count). The highest BCUT2D eigenvalue weighted by Crippen LogP contribution is 2.20. The van der Waals surface area contributed by atoms with E-state index in [1.165, 1.54) is 19.3 Å². The quantitative estimate of drug-likeness (QED) is 0.843. The fourth-order valence-electron chi connectivity index (χ4n) is 3.01. The van der Waals surface area contributed by atoms with E-state index in [0.29, 0.717) is 12.6 Å². The topological polar surface area (TPSA) is 67.3 Å². The van der Waals surface area contributed by atoms with Crippen molar-refractivity contribution in [3.63, 3.8) is 0 Å². The molecule has 2 atom stereocenters. The van der Waals surface area contributed by atoms with E-state index in [4.69, 9.17) is 5.73 Å². The third-order valence-electron chi connectivity index (χ3n) is 4.24. The number of hydrogen-bond acceptors (Lipinski definition) is 4. The Kier molecular flexibility index (Phi) is 4.47. The van der Waals surface area contributed by atoms with Gasteiger partial charge in [0.1, 0.15) is 0 Å². The number of aliphatic hydroxyl groups is 1. The molecule has 0 spiro atoms. The lowest BCUT2D eigenvalue weighted by Gasteiger charge is -2.26. The molecule has 5 nitrogen and oxygen atoms in total. The van der Waals surface area contributed by atoms with E-state index < -0.39 is 0 Å². The summed E-state index contributed by atoms with van der Waals surface area (Å²) >= 11 is 0. The summed E-state index contributed by atoms with van der Waals surface area (Å²) in [7, 11) is 0. The maximum absolute atomic E-state index is 10.3. The first-order valence-corrected chi connectivity index (χ1v) is 7.24. The third kappa shape index (κ3) is 3.09. The van der Waals surface area contributed by atoms with Crippen molar-refractivity contribution in [2.24, 2.45) is 0 Å². The molecule has 2 unspecified atom stereocenters. The molecule has 1 saturated heterocycles. The smallest absolute Gasteiger partial charge is 0.0862 e. The zero-order valence-electron chi connectivity index (χ0n) is 12.3. The summed E-state index contributed by atoms with van der Waals surface area (Å²) in [5, 5.41) is 14.6. The molecule has 5 heteroatoms. The molecule has 0 radical (unpaired) electrons. The van der Waals surface area contributed by atoms with Gasteiger partial charge in [-0.05, 0) is 39.7 Å². The normalized spacial score (nSPS) is 22.0. The van der Waals surface area contributed by atoms with E-state index in [-0.39, 0.29) is 6.10 Å². The Morgan fingerprint density at radius 3 is 2.74 bits per heavy atom. The molecule has 1 fully saturated rings. The zero-order valence-corrected chi connectivity index (χ0v) is 12.3. The van der Waals surface area contributed by atoms with Gasteiger partial charge in [-0.3, -0.25) is 9.58 Å². The Morgan fingerprint density at radius 1 is 1.42 bits per heavy atom. The molecular weight excluding hydrogens is 240 g/mol. The highest BCUT2D eigenvalue weighted by Gasteiger charge is 2.25. The Balaban J connectivity index is 1.93. The van der Waals surface area contributed by atoms with Crippen molar-refractivity contribution in [2.75, 3.05) is 18.8 Å². The van der Waals surface area contributed by atoms with Crippen LogP contribution in [-0.2, 0) is 6.54 Å². The second kappa shape index (κ2) is 5.92. The first-order valence-electron chi connectivity index (χ1n) is 7.24. The number of nitrogens with zero attached hydrogens (tertiary/aromatic N) is 3. The van der Waals surface area contributed by atoms with Crippen LogP contribution in [0.15, 0.2) is 0 Å². The number of nitrogen functional groups attached to an aromatic ring is 1. The van der Waals surface area contributed by atoms with Gasteiger partial charge in [0.05, 0.1) is 29.7 Å². The van der Waals surface area contributed by atoms with E-state index in [2.05, 4.69) is 16.9 Å². The van der Waals surface area contributed by atoms with E-state index in [1.54, 1.807) is 0 Å². The molecule has 1 aromatic rings. The second-order valence-corrected chi connectivity index (χ2v) is 5.62. The monoisotopic (exact) mass is 266 g/mol. The van der Waals surface area contributed by atoms with Gasteiger partial charge in [0, 0.05) is 12.6 Å². The van der Waals surface area contributed by atoms with Gasteiger partial charge in [-0.2, -0.15) is 5.10 Å². The molecule has 0 bridgehead atoms. The van der Waals surface area contributed by atoms with Crippen molar-refractivity contribution in [2.45, 2.75) is 58.7 Å². The number of anilines is 1. The SMILES string of the molecule is CCC1CCCN1CC(O)Cn1nc(C)c(N)c1C. The van der Waals surface area contributed by atoms with Crippen LogP contribution >= 0.6 is 0 Å². The lowest BCUT2D eigenvalue weighted by molar-refractivity contribution is 0.0877. The van der Waals surface area contributed by atoms with Crippen LogP contribution < -0.4 is 5.73 Å². The van der Waals surface area contributed by atoms with E-state index in [9.17, 15) is 5.11 Å². The summed E-state index contributed by atoms with van der Waals surface area (Å²) in [5.41, 5.74) is 8.44. The number of nitrogens with two attached hydrogens (primary N) is 1. The largest absolute Gasteiger partial charge is 0.396 e. The van der Waals surface area contributed by atoms with Gasteiger partial charge in [-0.1, -0.05) is 6.92 Å². The van der Waals surface area contributed by atoms with Gasteiger partial charge in [-0.15, -0.1) is 0 Å². The number of aromatic nitrogens is 2. The number of aliphatic hydroxyl groups excluding tert-OH is 1. The summed E-state index contributed by atoms with van der Waals surface area (Å²) in [4.78, 5) is 2.40. The lowest BCUT2D eigenvalue weighted by atomic mass is 10.1. The van der Waals surface area contributed by atoms with Crippen LogP contribution in [0, 0.1) is 13.8 Å². The molecule has 3 N–H and O–H groups in total. The van der Waals surface area contributed by atoms with E-state index in [0.717, 1.165) is 30.2 Å². The van der Waals surface area contributed by atoms with Crippen molar-refractivity contribution in [3.05, 3.63) is 11.4 Å². The standard InChI is InChI=1S/C14H26N4O/c1-4-12-6-5-7-17(12)8-13(19)9-18-11(3)14(15)10(2)16-18/h12-13,19H,4-9,15H2,1-3H3. The summed E-state index contributed by atoms with van der Waals surface area (Å²) < 4.78 is 1.83. The van der Waals surface area contributed by atoms with Gasteiger partial charge in [0.15, 0.2) is 0 Å². The highest BCUT2D eigenvalue weighted by molar-refractivity contribution is 5.46. The van der Waals surface area contributed by atoms with Gasteiger partial charge in [-0.25, -0.2) is 0 Å². The predicted octanol–water partition coefficient (Wildman–Crippen LogP) is 1.32. The maximum Gasteiger partial charge on any atom is 0.0862 e. The Morgan fingerprint density at radius 2 is 2.16 bits per heavy atom. The fourth-order valence-corrected chi connectivity index (χ4v) is 3.01. The second-order valence-electron chi connectivity index (χ2n) is 5.62. The first-order chi connectivity index (χ1) is 9.02. The average Bonchev–Trinajstić information content (AvgIpc) is 2.91. The van der Waals surface area contributed by atoms with Crippen LogP contribution in [0.5, 0.6) is 0 Å². The van der Waals surface area contributed by atoms with Crippen molar-refractivity contribution in [3.8, 4) is 0 Å². The van der Waals surface area contributed by atoms with Crippen LogP contribution in [0.1, 0.15) is 37.6 Å². The Labute approximate surface area is 115 Å². The fraction of sp³-hybridized carbons (Fsp3) is 0.786. The molecule has 1 aliphatic heterocycles. The van der Waals surface area contributed by atoms with Crippen LogP contribution in [-0.4, -0.2) is 45.0 Å². The van der Waals surface area contributed by atoms with Gasteiger partial charge < -0.3 is 10.8 Å². The summed E-state index contributed by atoms with van der Waals surface area (Å²) in [5.74, 6) is 0. The molecule has 1 aromatic heterocycles. The van der Waals surface area contributed by atoms with Crippen LogP contribution in [0.25, 0.3) is 0 Å². The molecule has 2 heterocycles. The summed E-state index contributed by atoms with van der Waals surface area (Å²) in [6.45, 7) is 8.44. The molecular formula is C14H26N4O. The predicted molar refractivity (Wildman–Crippen MR) is 77.0 cm³/mol. The minimum atomic E-state index is -0.385. The minimum absolute atomic E-state index is 0.385. The third-order valence-corrected chi connectivity index (χ3v) is 4.24. The number of β-amino-alcohol motifs (C(OH)–C–C–N with tert-alkyl or cyclic N) is 1. The molecule has 0 saturated carbocycles. The minimum Gasteiger partial charge on any atom is -0.396 e. The summed E-state index contributed by atoms with van der Waals surface area (Å²) in [6.07, 6.45) is 3.29. The molecule has 0 aromatic carbocycles. The maximum atomic E-state index is 10.3. The van der Waals surface area contributed by atoms with Crippen molar-refractivity contribution in [1.29, 1.82) is 0 Å². The van der Waals surface area contributed by atoms with Crippen LogP contribution in [0.3, 0.4) is 0 Å². The average molecular weight is 266 g/mol. The molecule has 108 valence electrons. The van der Waals surface area contributed by atoms with Gasteiger partial charge >= 0.3 is 0 Å². The number of rotatable bonds is 5. The van der Waals surface area contributed by atoms with Crippen molar-refractivity contribution in [1.82, 2.24) is 14.7 Å². The van der Waals surface area contributed by atoms with E-state index >= 15 is 0 Å². The number of likely N-dealkylation sites (tertiary alicyclic amines) is 1. The zero-order chi connectivity index (χ0) is 14.0. The Bertz CT molecular complexity index is 429. The lowest BCUT2D eigenvalue weighted by Crippen LogP contribution is -2.38. The van der Waals surface area contributed by atoms with Crippen LogP contribution in [0.4, 0.5) is 5.69 Å². The van der Waals surface area contributed by atoms with Crippen LogP contribution in [0.2, 0.25) is 0 Å². The van der Waals surface area contributed by atoms with Gasteiger partial charge in [0.2, 0.25) is 0 Å². The number of hydrogen-bond donors (Lipinski definition) is 2. The first kappa shape index (κ1) is 14.3. The van der Waals surface area contributed by atoms with Crippen molar-refractivity contribution >= 4 is 5.69 Å². The number of aryl methyl sites for hydroxylation is 1.